The van der Waals surface area contributed by atoms with Gasteiger partial charge in [0.1, 0.15) is 5.76 Å². The number of aryl methyl sites for hydroxylation is 1. The third-order valence-electron chi connectivity index (χ3n) is 3.54. The zero-order chi connectivity index (χ0) is 17.3. The molecule has 122 valence electrons. The Bertz CT molecular complexity index is 904. The van der Waals surface area contributed by atoms with Crippen LogP contribution in [0.15, 0.2) is 57.4 Å². The second-order valence-electron chi connectivity index (χ2n) is 5.31. The summed E-state index contributed by atoms with van der Waals surface area (Å²) in [6.07, 6.45) is 0. The van der Waals surface area contributed by atoms with E-state index in [4.69, 9.17) is 21.8 Å². The summed E-state index contributed by atoms with van der Waals surface area (Å²) in [5, 5.41) is 3.26. The van der Waals surface area contributed by atoms with Gasteiger partial charge in [0, 0.05) is 15.1 Å². The van der Waals surface area contributed by atoms with Gasteiger partial charge in [0.15, 0.2) is 5.76 Å². The highest BCUT2D eigenvalue weighted by molar-refractivity contribution is 9.10. The fraction of sp³-hybridized carbons (Fsp3) is 0.0556. The lowest BCUT2D eigenvalue weighted by Gasteiger charge is -2.09. The van der Waals surface area contributed by atoms with E-state index < -0.39 is 0 Å². The van der Waals surface area contributed by atoms with Crippen LogP contribution in [-0.2, 0) is 0 Å². The first-order chi connectivity index (χ1) is 11.4. The number of carbonyl (C=O) groups is 1. The lowest BCUT2D eigenvalue weighted by atomic mass is 10.2. The topological polar surface area (TPSA) is 68.3 Å². The van der Waals surface area contributed by atoms with E-state index in [2.05, 4.69) is 21.2 Å². The molecular weight excluding hydrogens is 392 g/mol. The number of hydrogen-bond acceptors (Lipinski definition) is 3. The number of hydrogen-bond donors (Lipinski definition) is 2. The van der Waals surface area contributed by atoms with Crippen LogP contribution >= 0.6 is 27.5 Å². The fourth-order valence-electron chi connectivity index (χ4n) is 2.23. The van der Waals surface area contributed by atoms with Gasteiger partial charge in [-0.25, -0.2) is 0 Å². The molecule has 0 saturated carbocycles. The largest absolute Gasteiger partial charge is 0.451 e. The standard InChI is InChI=1S/C18H14BrClN2O2/c1-10-8-14(21)15(9-13(10)20)22-18(23)17-7-6-16(24-17)11-2-4-12(19)5-3-11/h2-9H,21H2,1H3,(H,22,23). The van der Waals surface area contributed by atoms with Crippen LogP contribution < -0.4 is 11.1 Å². The van der Waals surface area contributed by atoms with Gasteiger partial charge in [-0.15, -0.1) is 0 Å². The molecule has 0 bridgehead atoms. The summed E-state index contributed by atoms with van der Waals surface area (Å²) in [5.41, 5.74) is 8.56. The number of benzene rings is 2. The molecule has 6 heteroatoms. The molecule has 1 aromatic heterocycles. The summed E-state index contributed by atoms with van der Waals surface area (Å²) in [4.78, 5) is 12.4. The number of nitrogens with two attached hydrogens (primary N) is 1. The van der Waals surface area contributed by atoms with Crippen LogP contribution in [0, 0.1) is 6.92 Å². The highest BCUT2D eigenvalue weighted by Gasteiger charge is 2.14. The zero-order valence-corrected chi connectivity index (χ0v) is 15.1. The smallest absolute Gasteiger partial charge is 0.291 e. The molecule has 1 amide bonds. The molecule has 0 aliphatic carbocycles. The average molecular weight is 406 g/mol. The molecule has 0 spiro atoms. The number of amides is 1. The minimum absolute atomic E-state index is 0.198. The molecule has 0 unspecified atom stereocenters. The van der Waals surface area contributed by atoms with Crippen LogP contribution in [0.5, 0.6) is 0 Å². The van der Waals surface area contributed by atoms with E-state index >= 15 is 0 Å². The number of anilines is 2. The van der Waals surface area contributed by atoms with Crippen molar-refractivity contribution in [3.8, 4) is 11.3 Å². The third kappa shape index (κ3) is 3.47. The fourth-order valence-corrected chi connectivity index (χ4v) is 2.65. The van der Waals surface area contributed by atoms with Crippen LogP contribution in [0.1, 0.15) is 16.1 Å². The molecule has 3 rings (SSSR count). The van der Waals surface area contributed by atoms with E-state index in [1.54, 1.807) is 24.3 Å². The quantitative estimate of drug-likeness (QED) is 0.565. The molecule has 0 radical (unpaired) electrons. The van der Waals surface area contributed by atoms with Crippen LogP contribution in [0.2, 0.25) is 5.02 Å². The van der Waals surface area contributed by atoms with Crippen molar-refractivity contribution in [3.63, 3.8) is 0 Å². The average Bonchev–Trinajstić information content (AvgIpc) is 3.03. The van der Waals surface area contributed by atoms with Crippen molar-refractivity contribution in [2.24, 2.45) is 0 Å². The highest BCUT2D eigenvalue weighted by atomic mass is 79.9. The predicted octanol–water partition coefficient (Wildman–Crippen LogP) is 5.51. The van der Waals surface area contributed by atoms with Crippen LogP contribution in [-0.4, -0.2) is 5.91 Å². The van der Waals surface area contributed by atoms with E-state index in [0.717, 1.165) is 15.6 Å². The van der Waals surface area contributed by atoms with Crippen molar-refractivity contribution in [1.82, 2.24) is 0 Å². The van der Waals surface area contributed by atoms with Gasteiger partial charge in [-0.2, -0.15) is 0 Å². The Kier molecular flexibility index (Phi) is 4.64. The van der Waals surface area contributed by atoms with Gasteiger partial charge in [0.05, 0.1) is 11.4 Å². The van der Waals surface area contributed by atoms with Crippen molar-refractivity contribution in [2.75, 3.05) is 11.1 Å². The highest BCUT2D eigenvalue weighted by Crippen LogP contribution is 2.28. The van der Waals surface area contributed by atoms with Crippen molar-refractivity contribution in [1.29, 1.82) is 0 Å². The van der Waals surface area contributed by atoms with Gasteiger partial charge < -0.3 is 15.5 Å². The predicted molar refractivity (Wildman–Crippen MR) is 100 cm³/mol. The molecule has 0 aliphatic rings. The number of nitrogen functional groups attached to an aromatic ring is 1. The Hall–Kier alpha value is -2.24. The van der Waals surface area contributed by atoms with Crippen molar-refractivity contribution < 1.29 is 9.21 Å². The maximum Gasteiger partial charge on any atom is 0.291 e. The van der Waals surface area contributed by atoms with Gasteiger partial charge >= 0.3 is 0 Å². The normalized spacial score (nSPS) is 10.6. The maximum absolute atomic E-state index is 12.4. The van der Waals surface area contributed by atoms with E-state index in [1.807, 2.05) is 31.2 Å². The molecule has 1 heterocycles. The van der Waals surface area contributed by atoms with Crippen LogP contribution in [0.25, 0.3) is 11.3 Å². The van der Waals surface area contributed by atoms with E-state index in [1.165, 1.54) is 0 Å². The zero-order valence-electron chi connectivity index (χ0n) is 12.8. The lowest BCUT2D eigenvalue weighted by Crippen LogP contribution is -2.12. The van der Waals surface area contributed by atoms with Crippen LogP contribution in [0.3, 0.4) is 0 Å². The Morgan fingerprint density at radius 2 is 1.88 bits per heavy atom. The first-order valence-corrected chi connectivity index (χ1v) is 8.34. The van der Waals surface area contributed by atoms with Gasteiger partial charge in [0.2, 0.25) is 0 Å². The summed E-state index contributed by atoms with van der Waals surface area (Å²) < 4.78 is 6.61. The molecular formula is C18H14BrClN2O2. The molecule has 2 aromatic carbocycles. The molecule has 0 saturated heterocycles. The monoisotopic (exact) mass is 404 g/mol. The summed E-state index contributed by atoms with van der Waals surface area (Å²) in [6, 6.07) is 14.3. The molecule has 3 N–H and O–H groups in total. The Morgan fingerprint density at radius 1 is 1.17 bits per heavy atom. The van der Waals surface area contributed by atoms with Gasteiger partial charge in [-0.05, 0) is 48.9 Å². The molecule has 24 heavy (non-hydrogen) atoms. The van der Waals surface area contributed by atoms with Crippen molar-refractivity contribution in [2.45, 2.75) is 6.92 Å². The lowest BCUT2D eigenvalue weighted by molar-refractivity contribution is 0.0997. The van der Waals surface area contributed by atoms with Gasteiger partial charge in [-0.1, -0.05) is 39.7 Å². The summed E-state index contributed by atoms with van der Waals surface area (Å²) in [5.74, 6) is 0.427. The first kappa shape index (κ1) is 16.6. The maximum atomic E-state index is 12.4. The summed E-state index contributed by atoms with van der Waals surface area (Å²) in [6.45, 7) is 1.85. The molecule has 4 nitrogen and oxygen atoms in total. The Labute approximate surface area is 152 Å². The molecule has 0 fully saturated rings. The van der Waals surface area contributed by atoms with Crippen molar-refractivity contribution in [3.05, 3.63) is 69.3 Å². The van der Waals surface area contributed by atoms with E-state index in [-0.39, 0.29) is 11.7 Å². The second kappa shape index (κ2) is 6.71. The van der Waals surface area contributed by atoms with Crippen molar-refractivity contribution >= 4 is 44.8 Å². The number of halogens is 2. The summed E-state index contributed by atoms with van der Waals surface area (Å²) in [7, 11) is 0. The SMILES string of the molecule is Cc1cc(N)c(NC(=O)c2ccc(-c3ccc(Br)cc3)o2)cc1Cl. The van der Waals surface area contributed by atoms with Gasteiger partial charge in [0.25, 0.3) is 5.91 Å². The molecule has 3 aromatic rings. The Balaban J connectivity index is 1.81. The number of nitrogens with one attached hydrogen (secondary N) is 1. The number of furan rings is 1. The number of rotatable bonds is 3. The van der Waals surface area contributed by atoms with Crippen LogP contribution in [0.4, 0.5) is 11.4 Å². The first-order valence-electron chi connectivity index (χ1n) is 7.17. The Morgan fingerprint density at radius 3 is 2.58 bits per heavy atom. The minimum Gasteiger partial charge on any atom is -0.451 e. The number of carbonyl (C=O) groups excluding carboxylic acids is 1. The molecule has 0 atom stereocenters. The third-order valence-corrected chi connectivity index (χ3v) is 4.47. The minimum atomic E-state index is -0.384. The van der Waals surface area contributed by atoms with Gasteiger partial charge in [-0.3, -0.25) is 4.79 Å². The second-order valence-corrected chi connectivity index (χ2v) is 6.64. The molecule has 0 aliphatic heterocycles. The van der Waals surface area contributed by atoms with E-state index in [0.29, 0.717) is 22.2 Å². The van der Waals surface area contributed by atoms with E-state index in [9.17, 15) is 4.79 Å². The summed E-state index contributed by atoms with van der Waals surface area (Å²) >= 11 is 9.46.